The second kappa shape index (κ2) is 19.9. The normalized spacial score (nSPS) is 13.5. The first-order valence-electron chi connectivity index (χ1n) is 14.1. The molecule has 0 radical (unpaired) electrons. The van der Waals surface area contributed by atoms with Gasteiger partial charge in [-0.3, -0.25) is 19.4 Å². The van der Waals surface area contributed by atoms with E-state index in [0.717, 1.165) is 5.56 Å². The maximum atomic E-state index is 13.0. The highest BCUT2D eigenvalue weighted by Crippen LogP contribution is 2.12. The van der Waals surface area contributed by atoms with Crippen LogP contribution in [0, 0.1) is 5.92 Å². The molecule has 13 nitrogen and oxygen atoms in total. The van der Waals surface area contributed by atoms with Crippen LogP contribution in [0.4, 0.5) is 4.79 Å². The number of amides is 4. The number of hydrogen-bond acceptors (Lipinski definition) is 7. The number of guanidine groups is 1. The Bertz CT molecular complexity index is 1030. The monoisotopic (exact) mass is 589 g/mol. The third-order valence-electron chi connectivity index (χ3n) is 6.13. The van der Waals surface area contributed by atoms with E-state index < -0.39 is 42.1 Å². The molecule has 0 aromatic heterocycles. The average Bonchev–Trinajstić information content (AvgIpc) is 2.93. The summed E-state index contributed by atoms with van der Waals surface area (Å²) in [4.78, 5) is 54.4. The van der Waals surface area contributed by atoms with E-state index in [1.807, 2.05) is 44.2 Å². The summed E-state index contributed by atoms with van der Waals surface area (Å²) < 4.78 is 4.91. The van der Waals surface area contributed by atoms with E-state index in [1.165, 1.54) is 13.0 Å². The quantitative estimate of drug-likeness (QED) is 0.0520. The van der Waals surface area contributed by atoms with Gasteiger partial charge < -0.3 is 42.6 Å². The summed E-state index contributed by atoms with van der Waals surface area (Å²) in [6.45, 7) is 9.42. The molecule has 0 saturated carbocycles. The smallest absolute Gasteiger partial charge is 0.408 e. The van der Waals surface area contributed by atoms with Crippen molar-refractivity contribution in [3.63, 3.8) is 0 Å². The van der Waals surface area contributed by atoms with Crippen molar-refractivity contribution in [2.75, 3.05) is 19.7 Å². The number of hydrogen-bond donors (Lipinski definition) is 7. The number of aliphatic hydroxyl groups is 1. The molecule has 0 bridgehead atoms. The Kier molecular flexibility index (Phi) is 17.0. The second-order valence-corrected chi connectivity index (χ2v) is 10.4. The zero-order valence-electron chi connectivity index (χ0n) is 24.8. The van der Waals surface area contributed by atoms with Gasteiger partial charge in [-0.05, 0) is 44.1 Å². The second-order valence-electron chi connectivity index (χ2n) is 10.4. The molecule has 0 unspecified atom stereocenters. The van der Waals surface area contributed by atoms with E-state index >= 15 is 0 Å². The standard InChI is InChI=1S/C29H47N7O6/c1-5-16-42-29(41)36-22(12-9-14-33-28(30)31)27(40)34-20(4)26(39)35-23(17-19(2)3)24(37)18-25(38)32-15-13-21-10-7-6-8-11-21/h5-8,10-11,19-20,22-24,37H,1,9,12-18H2,2-4H3,(H,32,38)(H,34,40)(H,35,39)(H,36,41)(H4,30,31,33)/t20-,22-,23-,24-/m0/s1. The van der Waals surface area contributed by atoms with Gasteiger partial charge in [0.2, 0.25) is 17.7 Å². The van der Waals surface area contributed by atoms with Crippen LogP contribution in [0.15, 0.2) is 48.0 Å². The first-order valence-corrected chi connectivity index (χ1v) is 14.1. The lowest BCUT2D eigenvalue weighted by molar-refractivity contribution is -0.131. The Morgan fingerprint density at radius 1 is 1.05 bits per heavy atom. The molecular formula is C29H47N7O6. The van der Waals surface area contributed by atoms with Crippen LogP contribution in [0.2, 0.25) is 0 Å². The predicted molar refractivity (Wildman–Crippen MR) is 161 cm³/mol. The molecule has 0 heterocycles. The minimum atomic E-state index is -1.14. The summed E-state index contributed by atoms with van der Waals surface area (Å²) in [6, 6.07) is 6.94. The summed E-state index contributed by atoms with van der Waals surface area (Å²) in [5.41, 5.74) is 11.7. The zero-order chi connectivity index (χ0) is 31.5. The van der Waals surface area contributed by atoms with Crippen LogP contribution >= 0.6 is 0 Å². The highest BCUT2D eigenvalue weighted by atomic mass is 16.5. The Hall–Kier alpha value is -4.13. The van der Waals surface area contributed by atoms with Crippen molar-refractivity contribution in [2.45, 2.75) is 77.1 Å². The van der Waals surface area contributed by atoms with E-state index in [2.05, 4.69) is 32.8 Å². The molecule has 0 aliphatic carbocycles. The first-order chi connectivity index (χ1) is 19.9. The van der Waals surface area contributed by atoms with E-state index in [1.54, 1.807) is 0 Å². The van der Waals surface area contributed by atoms with Crippen LogP contribution in [0.5, 0.6) is 0 Å². The van der Waals surface area contributed by atoms with Gasteiger partial charge >= 0.3 is 6.09 Å². The highest BCUT2D eigenvalue weighted by molar-refractivity contribution is 5.91. The predicted octanol–water partition coefficient (Wildman–Crippen LogP) is 0.466. The maximum Gasteiger partial charge on any atom is 0.408 e. The molecule has 42 heavy (non-hydrogen) atoms. The Morgan fingerprint density at radius 3 is 2.36 bits per heavy atom. The van der Waals surface area contributed by atoms with Gasteiger partial charge in [0.05, 0.1) is 18.6 Å². The summed E-state index contributed by atoms with van der Waals surface area (Å²) in [5, 5.41) is 21.4. The lowest BCUT2D eigenvalue weighted by atomic mass is 9.96. The van der Waals surface area contributed by atoms with Gasteiger partial charge in [-0.15, -0.1) is 0 Å². The third kappa shape index (κ3) is 15.6. The van der Waals surface area contributed by atoms with Gasteiger partial charge in [0.1, 0.15) is 18.7 Å². The van der Waals surface area contributed by atoms with Crippen molar-refractivity contribution < 1.29 is 29.0 Å². The lowest BCUT2D eigenvalue weighted by Crippen LogP contribution is -2.55. The van der Waals surface area contributed by atoms with E-state index in [-0.39, 0.29) is 43.8 Å². The van der Waals surface area contributed by atoms with Gasteiger partial charge in [0, 0.05) is 13.1 Å². The van der Waals surface area contributed by atoms with Crippen LogP contribution in [0.25, 0.3) is 0 Å². The molecule has 0 saturated heterocycles. The Labute approximate surface area is 247 Å². The molecule has 4 atom stereocenters. The molecule has 9 N–H and O–H groups in total. The number of nitrogens with one attached hydrogen (secondary N) is 4. The minimum absolute atomic E-state index is 0.0441. The first kappa shape index (κ1) is 35.9. The molecule has 0 aliphatic rings. The summed E-state index contributed by atoms with van der Waals surface area (Å²) in [7, 11) is 0. The van der Waals surface area contributed by atoms with Gasteiger partial charge in [-0.2, -0.15) is 0 Å². The summed E-state index contributed by atoms with van der Waals surface area (Å²) in [6.07, 6.45) is 0.842. The fraction of sp³-hybridized carbons (Fsp3) is 0.552. The fourth-order valence-electron chi connectivity index (χ4n) is 3.99. The molecule has 1 aromatic rings. The molecule has 1 rings (SSSR count). The SMILES string of the molecule is C=CCOC(=O)N[C@@H](CCCN=C(N)N)C(=O)N[C@@H](C)C(=O)N[C@@H](CC(C)C)[C@@H](O)CC(=O)NCCc1ccccc1. The molecule has 0 spiro atoms. The van der Waals surface area contributed by atoms with Crippen molar-refractivity contribution in [2.24, 2.45) is 22.4 Å². The highest BCUT2D eigenvalue weighted by Gasteiger charge is 2.29. The number of alkyl carbamates (subject to hydrolysis) is 1. The number of aliphatic imine (C=N–C) groups is 1. The van der Waals surface area contributed by atoms with Crippen LogP contribution in [0.1, 0.15) is 52.0 Å². The molecule has 4 amide bonds. The van der Waals surface area contributed by atoms with Crippen molar-refractivity contribution in [1.82, 2.24) is 21.3 Å². The number of carbonyl (C=O) groups excluding carboxylic acids is 4. The van der Waals surface area contributed by atoms with Crippen LogP contribution < -0.4 is 32.7 Å². The van der Waals surface area contributed by atoms with Gasteiger partial charge in [-0.1, -0.05) is 56.8 Å². The number of carbonyl (C=O) groups is 4. The van der Waals surface area contributed by atoms with Crippen molar-refractivity contribution in [3.05, 3.63) is 48.6 Å². The Balaban J connectivity index is 2.74. The molecule has 13 heteroatoms. The maximum absolute atomic E-state index is 13.0. The number of ether oxygens (including phenoxy) is 1. The largest absolute Gasteiger partial charge is 0.445 e. The molecule has 234 valence electrons. The van der Waals surface area contributed by atoms with E-state index in [4.69, 9.17) is 16.2 Å². The van der Waals surface area contributed by atoms with Crippen molar-refractivity contribution >= 4 is 29.8 Å². The number of nitrogens with two attached hydrogens (primary N) is 2. The number of nitrogens with zero attached hydrogens (tertiary/aromatic N) is 1. The van der Waals surface area contributed by atoms with Crippen LogP contribution in [-0.2, 0) is 25.5 Å². The molecule has 0 fully saturated rings. The number of rotatable bonds is 19. The molecular weight excluding hydrogens is 542 g/mol. The Morgan fingerprint density at radius 2 is 1.74 bits per heavy atom. The van der Waals surface area contributed by atoms with E-state index in [9.17, 15) is 24.3 Å². The summed E-state index contributed by atoms with van der Waals surface area (Å²) >= 11 is 0. The van der Waals surface area contributed by atoms with E-state index in [0.29, 0.717) is 25.8 Å². The fourth-order valence-corrected chi connectivity index (χ4v) is 3.99. The van der Waals surface area contributed by atoms with Gasteiger partial charge in [0.15, 0.2) is 5.96 Å². The van der Waals surface area contributed by atoms with Gasteiger partial charge in [0.25, 0.3) is 0 Å². The zero-order valence-corrected chi connectivity index (χ0v) is 24.8. The van der Waals surface area contributed by atoms with Gasteiger partial charge in [-0.25, -0.2) is 4.79 Å². The number of benzene rings is 1. The third-order valence-corrected chi connectivity index (χ3v) is 6.13. The van der Waals surface area contributed by atoms with Crippen molar-refractivity contribution in [3.8, 4) is 0 Å². The van der Waals surface area contributed by atoms with Crippen molar-refractivity contribution in [1.29, 1.82) is 0 Å². The number of aliphatic hydroxyl groups excluding tert-OH is 1. The molecule has 1 aromatic carbocycles. The van der Waals surface area contributed by atoms with Crippen LogP contribution in [0.3, 0.4) is 0 Å². The molecule has 0 aliphatic heterocycles. The van der Waals surface area contributed by atoms with Crippen LogP contribution in [-0.4, -0.2) is 78.8 Å². The lowest BCUT2D eigenvalue weighted by Gasteiger charge is -2.27. The summed E-state index contributed by atoms with van der Waals surface area (Å²) in [5.74, 6) is -1.48. The topological polar surface area (TPSA) is 210 Å². The average molecular weight is 590 g/mol. The minimum Gasteiger partial charge on any atom is -0.445 e.